The van der Waals surface area contributed by atoms with Crippen LogP contribution in [0.15, 0.2) is 48.5 Å². The van der Waals surface area contributed by atoms with Crippen LogP contribution in [0, 0.1) is 5.82 Å². The first-order chi connectivity index (χ1) is 14.5. The van der Waals surface area contributed by atoms with E-state index in [1.54, 1.807) is 17.0 Å². The Labute approximate surface area is 177 Å². The summed E-state index contributed by atoms with van der Waals surface area (Å²) in [6.45, 7) is 6.54. The molecule has 1 aliphatic heterocycles. The van der Waals surface area contributed by atoms with Crippen molar-refractivity contribution in [2.45, 2.75) is 39.3 Å². The summed E-state index contributed by atoms with van der Waals surface area (Å²) in [5, 5.41) is 3.01. The van der Waals surface area contributed by atoms with E-state index in [1.807, 2.05) is 30.9 Å². The van der Waals surface area contributed by atoms with Crippen molar-refractivity contribution in [1.82, 2.24) is 15.1 Å². The van der Waals surface area contributed by atoms with Gasteiger partial charge in [0.05, 0.1) is 12.6 Å². The number of hydrogen-bond donors (Lipinski definition) is 1. The molecule has 2 aromatic carbocycles. The fourth-order valence-electron chi connectivity index (χ4n) is 3.95. The van der Waals surface area contributed by atoms with Gasteiger partial charge in [-0.1, -0.05) is 36.4 Å². The molecular formula is C24H30FN3O2. The molecule has 5 nitrogen and oxygen atoms in total. The molecule has 1 atom stereocenters. The molecule has 1 unspecified atom stereocenters. The van der Waals surface area contributed by atoms with Crippen molar-refractivity contribution < 1.29 is 14.0 Å². The SMILES string of the molecule is CCN(CC)C(=O)CN1Cc2ccccc2CC1C(=O)NCCc1ccc(F)cc1. The molecule has 0 aliphatic carbocycles. The highest BCUT2D eigenvalue weighted by Crippen LogP contribution is 2.23. The molecule has 0 radical (unpaired) electrons. The van der Waals surface area contributed by atoms with Crippen LogP contribution in [0.5, 0.6) is 0 Å². The maximum atomic E-state index is 13.1. The van der Waals surface area contributed by atoms with Crippen LogP contribution < -0.4 is 5.32 Å². The van der Waals surface area contributed by atoms with E-state index in [9.17, 15) is 14.0 Å². The summed E-state index contributed by atoms with van der Waals surface area (Å²) in [6, 6.07) is 14.0. The van der Waals surface area contributed by atoms with Gasteiger partial charge in [0.25, 0.3) is 0 Å². The van der Waals surface area contributed by atoms with Gasteiger partial charge in [-0.2, -0.15) is 0 Å². The number of carbonyl (C=O) groups excluding carboxylic acids is 2. The third kappa shape index (κ3) is 5.45. The van der Waals surface area contributed by atoms with Gasteiger partial charge in [0.15, 0.2) is 0 Å². The van der Waals surface area contributed by atoms with Crippen LogP contribution in [0.4, 0.5) is 4.39 Å². The minimum absolute atomic E-state index is 0.0449. The second-order valence-electron chi connectivity index (χ2n) is 7.63. The zero-order chi connectivity index (χ0) is 21.5. The maximum absolute atomic E-state index is 13.1. The van der Waals surface area contributed by atoms with E-state index < -0.39 is 0 Å². The van der Waals surface area contributed by atoms with E-state index in [4.69, 9.17) is 0 Å². The van der Waals surface area contributed by atoms with Crippen LogP contribution in [0.3, 0.4) is 0 Å². The number of likely N-dealkylation sites (N-methyl/N-ethyl adjacent to an activating group) is 1. The molecule has 0 fully saturated rings. The summed E-state index contributed by atoms with van der Waals surface area (Å²) < 4.78 is 13.1. The molecule has 0 saturated carbocycles. The fraction of sp³-hybridized carbons (Fsp3) is 0.417. The van der Waals surface area contributed by atoms with E-state index in [0.717, 1.165) is 11.1 Å². The van der Waals surface area contributed by atoms with Gasteiger partial charge in [-0.15, -0.1) is 0 Å². The van der Waals surface area contributed by atoms with E-state index in [0.29, 0.717) is 39.0 Å². The van der Waals surface area contributed by atoms with Crippen molar-refractivity contribution in [1.29, 1.82) is 0 Å². The first-order valence-electron chi connectivity index (χ1n) is 10.6. The molecule has 0 spiro atoms. The summed E-state index contributed by atoms with van der Waals surface area (Å²) in [4.78, 5) is 29.5. The molecule has 6 heteroatoms. The Morgan fingerprint density at radius 1 is 1.07 bits per heavy atom. The van der Waals surface area contributed by atoms with E-state index in [1.165, 1.54) is 17.7 Å². The maximum Gasteiger partial charge on any atom is 0.237 e. The summed E-state index contributed by atoms with van der Waals surface area (Å²) in [6.07, 6.45) is 1.22. The lowest BCUT2D eigenvalue weighted by molar-refractivity contribution is -0.135. The molecule has 0 saturated heterocycles. The Bertz CT molecular complexity index is 865. The lowest BCUT2D eigenvalue weighted by Crippen LogP contribution is -2.53. The first-order valence-corrected chi connectivity index (χ1v) is 10.6. The van der Waals surface area contributed by atoms with Crippen LogP contribution in [-0.4, -0.2) is 53.8 Å². The zero-order valence-corrected chi connectivity index (χ0v) is 17.7. The third-order valence-electron chi connectivity index (χ3n) is 5.73. The Kier molecular flexibility index (Phi) is 7.57. The summed E-state index contributed by atoms with van der Waals surface area (Å²) >= 11 is 0. The van der Waals surface area contributed by atoms with Gasteiger partial charge in [-0.3, -0.25) is 14.5 Å². The summed E-state index contributed by atoms with van der Waals surface area (Å²) in [5.74, 6) is -0.292. The van der Waals surface area contributed by atoms with Crippen LogP contribution in [-0.2, 0) is 29.0 Å². The van der Waals surface area contributed by atoms with E-state index >= 15 is 0 Å². The zero-order valence-electron chi connectivity index (χ0n) is 17.7. The molecule has 1 N–H and O–H groups in total. The Hall–Kier alpha value is -2.73. The predicted octanol–water partition coefficient (Wildman–Crippen LogP) is 2.78. The molecule has 3 rings (SSSR count). The molecular weight excluding hydrogens is 381 g/mol. The largest absolute Gasteiger partial charge is 0.354 e. The smallest absolute Gasteiger partial charge is 0.237 e. The van der Waals surface area contributed by atoms with Gasteiger partial charge in [0.2, 0.25) is 11.8 Å². The minimum atomic E-state index is -0.382. The second-order valence-corrected chi connectivity index (χ2v) is 7.63. The lowest BCUT2D eigenvalue weighted by Gasteiger charge is -2.36. The van der Waals surface area contributed by atoms with Crippen LogP contribution in [0.2, 0.25) is 0 Å². The first kappa shape index (κ1) is 22.0. The quantitative estimate of drug-likeness (QED) is 0.727. The third-order valence-corrected chi connectivity index (χ3v) is 5.73. The van der Waals surface area contributed by atoms with Crippen molar-refractivity contribution in [3.8, 4) is 0 Å². The minimum Gasteiger partial charge on any atom is -0.354 e. The summed E-state index contributed by atoms with van der Waals surface area (Å²) in [7, 11) is 0. The fourth-order valence-corrected chi connectivity index (χ4v) is 3.95. The van der Waals surface area contributed by atoms with Gasteiger partial charge < -0.3 is 10.2 Å². The number of carbonyl (C=O) groups is 2. The monoisotopic (exact) mass is 411 g/mol. The molecule has 2 amide bonds. The highest BCUT2D eigenvalue weighted by molar-refractivity contribution is 5.84. The normalized spacial score (nSPS) is 16.0. The number of nitrogens with one attached hydrogen (secondary N) is 1. The molecule has 1 aliphatic rings. The molecule has 0 bridgehead atoms. The van der Waals surface area contributed by atoms with Crippen molar-refractivity contribution in [3.63, 3.8) is 0 Å². The van der Waals surface area contributed by atoms with Gasteiger partial charge in [0.1, 0.15) is 5.82 Å². The average molecular weight is 412 g/mol. The van der Waals surface area contributed by atoms with E-state index in [-0.39, 0.29) is 30.2 Å². The van der Waals surface area contributed by atoms with Crippen LogP contribution in [0.25, 0.3) is 0 Å². The van der Waals surface area contributed by atoms with E-state index in [2.05, 4.69) is 17.4 Å². The number of amides is 2. The van der Waals surface area contributed by atoms with Gasteiger partial charge >= 0.3 is 0 Å². The molecule has 30 heavy (non-hydrogen) atoms. The molecule has 2 aromatic rings. The Balaban J connectivity index is 1.67. The van der Waals surface area contributed by atoms with Crippen molar-refractivity contribution >= 4 is 11.8 Å². The van der Waals surface area contributed by atoms with Crippen molar-refractivity contribution in [2.24, 2.45) is 0 Å². The molecule has 0 aromatic heterocycles. The van der Waals surface area contributed by atoms with Crippen LogP contribution in [0.1, 0.15) is 30.5 Å². The molecule has 160 valence electrons. The number of benzene rings is 2. The molecule has 1 heterocycles. The average Bonchev–Trinajstić information content (AvgIpc) is 2.75. The Morgan fingerprint density at radius 3 is 2.40 bits per heavy atom. The number of nitrogens with zero attached hydrogens (tertiary/aromatic N) is 2. The number of halogens is 1. The van der Waals surface area contributed by atoms with Crippen molar-refractivity contribution in [3.05, 3.63) is 71.0 Å². The summed E-state index contributed by atoms with van der Waals surface area (Å²) in [5.41, 5.74) is 3.29. The number of fused-ring (bicyclic) bond motifs is 1. The highest BCUT2D eigenvalue weighted by atomic mass is 19.1. The highest BCUT2D eigenvalue weighted by Gasteiger charge is 2.33. The van der Waals surface area contributed by atoms with Gasteiger partial charge in [-0.05, 0) is 55.5 Å². The van der Waals surface area contributed by atoms with Crippen LogP contribution >= 0.6 is 0 Å². The Morgan fingerprint density at radius 2 is 1.73 bits per heavy atom. The predicted molar refractivity (Wildman–Crippen MR) is 115 cm³/mol. The lowest BCUT2D eigenvalue weighted by atomic mass is 9.93. The van der Waals surface area contributed by atoms with Gasteiger partial charge in [-0.25, -0.2) is 4.39 Å². The topological polar surface area (TPSA) is 52.7 Å². The second kappa shape index (κ2) is 10.3. The van der Waals surface area contributed by atoms with Crippen molar-refractivity contribution in [2.75, 3.05) is 26.2 Å². The van der Waals surface area contributed by atoms with Gasteiger partial charge in [0, 0.05) is 26.2 Å². The standard InChI is InChI=1S/C24H30FN3O2/c1-3-27(4-2)23(29)17-28-16-20-8-6-5-7-19(20)15-22(28)24(30)26-14-13-18-9-11-21(25)12-10-18/h5-12,22H,3-4,13-17H2,1-2H3,(H,26,30). The number of rotatable bonds is 8. The number of hydrogen-bond acceptors (Lipinski definition) is 3.